The highest BCUT2D eigenvalue weighted by Gasteiger charge is 2.15. The van der Waals surface area contributed by atoms with Crippen LogP contribution < -0.4 is 5.32 Å². The van der Waals surface area contributed by atoms with Crippen molar-refractivity contribution in [2.24, 2.45) is 0 Å². The second-order valence-electron chi connectivity index (χ2n) is 7.56. The quantitative estimate of drug-likeness (QED) is 0.375. The second-order valence-corrected chi connectivity index (χ2v) is 7.56. The molecule has 1 amide bonds. The van der Waals surface area contributed by atoms with E-state index >= 15 is 0 Å². The number of carbonyl (C=O) groups is 1. The molecule has 6 nitrogen and oxygen atoms in total. The van der Waals surface area contributed by atoms with Crippen molar-refractivity contribution in [1.29, 1.82) is 0 Å². The summed E-state index contributed by atoms with van der Waals surface area (Å²) >= 11 is 0. The van der Waals surface area contributed by atoms with E-state index in [4.69, 9.17) is 19.3 Å². The van der Waals surface area contributed by atoms with Crippen molar-refractivity contribution in [3.63, 3.8) is 0 Å². The molecule has 156 valence electrons. The van der Waals surface area contributed by atoms with Gasteiger partial charge < -0.3 is 24.6 Å². The third kappa shape index (κ3) is 21.2. The normalized spacial score (nSPS) is 11.5. The van der Waals surface area contributed by atoms with Crippen LogP contribution in [-0.4, -0.2) is 56.4 Å². The van der Waals surface area contributed by atoms with Gasteiger partial charge >= 0.3 is 6.09 Å². The van der Waals surface area contributed by atoms with Crippen molar-refractivity contribution >= 4 is 6.09 Å². The van der Waals surface area contributed by atoms with Gasteiger partial charge in [0.1, 0.15) is 5.60 Å². The zero-order valence-electron chi connectivity index (χ0n) is 17.2. The van der Waals surface area contributed by atoms with Gasteiger partial charge in [-0.25, -0.2) is 4.79 Å². The predicted molar refractivity (Wildman–Crippen MR) is 105 cm³/mol. The predicted octanol–water partition coefficient (Wildman–Crippen LogP) is 4.05. The lowest BCUT2D eigenvalue weighted by molar-refractivity contribution is 0.0321. The van der Waals surface area contributed by atoms with Crippen molar-refractivity contribution in [1.82, 2.24) is 5.32 Å². The van der Waals surface area contributed by atoms with Crippen LogP contribution in [0.5, 0.6) is 0 Å². The number of hydrogen-bond acceptors (Lipinski definition) is 5. The van der Waals surface area contributed by atoms with Crippen molar-refractivity contribution in [2.75, 3.05) is 39.6 Å². The van der Waals surface area contributed by atoms with Gasteiger partial charge in [0.05, 0.1) is 26.4 Å². The van der Waals surface area contributed by atoms with Crippen molar-refractivity contribution in [3.05, 3.63) is 0 Å². The van der Waals surface area contributed by atoms with Crippen LogP contribution in [0.4, 0.5) is 4.79 Å². The minimum absolute atomic E-state index is 0.0724. The van der Waals surface area contributed by atoms with Crippen LogP contribution in [0, 0.1) is 0 Å². The molecule has 0 saturated carbocycles. The van der Waals surface area contributed by atoms with Crippen LogP contribution in [0.15, 0.2) is 0 Å². The van der Waals surface area contributed by atoms with E-state index in [9.17, 15) is 4.79 Å². The molecule has 0 aromatic heterocycles. The molecule has 0 heterocycles. The molecule has 0 aliphatic rings. The van der Waals surface area contributed by atoms with Gasteiger partial charge in [-0.15, -0.1) is 0 Å². The highest BCUT2D eigenvalue weighted by atomic mass is 16.6. The Morgan fingerprint density at radius 3 is 1.81 bits per heavy atom. The van der Waals surface area contributed by atoms with E-state index in [1.807, 2.05) is 20.8 Å². The fraction of sp³-hybridized carbons (Fsp3) is 0.950. The Morgan fingerprint density at radius 2 is 1.27 bits per heavy atom. The molecular formula is C20H41NO5. The molecule has 6 heteroatoms. The maximum atomic E-state index is 11.5. The number of unbranched alkanes of at least 4 members (excludes halogenated alkanes) is 8. The number of hydrogen-bond donors (Lipinski definition) is 2. The summed E-state index contributed by atoms with van der Waals surface area (Å²) in [5.41, 5.74) is -0.426. The van der Waals surface area contributed by atoms with Gasteiger partial charge in [0, 0.05) is 13.2 Å². The van der Waals surface area contributed by atoms with Gasteiger partial charge in [-0.1, -0.05) is 44.9 Å². The van der Waals surface area contributed by atoms with E-state index in [2.05, 4.69) is 5.32 Å². The minimum Gasteiger partial charge on any atom is -0.444 e. The molecule has 26 heavy (non-hydrogen) atoms. The van der Waals surface area contributed by atoms with E-state index < -0.39 is 5.60 Å². The van der Waals surface area contributed by atoms with E-state index in [1.54, 1.807) is 0 Å². The van der Waals surface area contributed by atoms with Gasteiger partial charge in [-0.3, -0.25) is 0 Å². The first-order chi connectivity index (χ1) is 12.5. The number of amides is 1. The molecular weight excluding hydrogens is 334 g/mol. The zero-order valence-corrected chi connectivity index (χ0v) is 17.2. The molecule has 0 unspecified atom stereocenters. The van der Waals surface area contributed by atoms with Crippen LogP contribution in [-0.2, 0) is 14.2 Å². The van der Waals surface area contributed by atoms with Gasteiger partial charge in [0.15, 0.2) is 0 Å². The standard InChI is InChI=1S/C20H41NO5/c1-20(2,3)26-19(23)21-13-11-9-7-5-4-6-8-10-12-15-24-17-18-25-16-14-22/h22H,4-18H2,1-3H3,(H,21,23). The third-order valence-electron chi connectivity index (χ3n) is 3.74. The Morgan fingerprint density at radius 1 is 0.769 bits per heavy atom. The lowest BCUT2D eigenvalue weighted by atomic mass is 10.1. The first kappa shape index (κ1) is 25.1. The molecule has 0 saturated heterocycles. The van der Waals surface area contributed by atoms with Crippen LogP contribution in [0.1, 0.15) is 78.6 Å². The summed E-state index contributed by atoms with van der Waals surface area (Å²) in [6.45, 7) is 8.75. The first-order valence-electron chi connectivity index (χ1n) is 10.2. The summed E-state index contributed by atoms with van der Waals surface area (Å²) in [7, 11) is 0. The maximum Gasteiger partial charge on any atom is 0.407 e. The lowest BCUT2D eigenvalue weighted by Gasteiger charge is -2.19. The molecule has 0 aliphatic heterocycles. The number of alkyl carbamates (subject to hydrolysis) is 1. The third-order valence-corrected chi connectivity index (χ3v) is 3.74. The van der Waals surface area contributed by atoms with E-state index in [0.29, 0.717) is 26.4 Å². The summed E-state index contributed by atoms with van der Waals surface area (Å²) in [4.78, 5) is 11.5. The van der Waals surface area contributed by atoms with Crippen LogP contribution in [0.3, 0.4) is 0 Å². The minimum atomic E-state index is -0.426. The topological polar surface area (TPSA) is 77.0 Å². The summed E-state index contributed by atoms with van der Waals surface area (Å²) in [5.74, 6) is 0. The zero-order chi connectivity index (χ0) is 19.5. The lowest BCUT2D eigenvalue weighted by Crippen LogP contribution is -2.32. The van der Waals surface area contributed by atoms with E-state index in [0.717, 1.165) is 25.9 Å². The van der Waals surface area contributed by atoms with Crippen LogP contribution >= 0.6 is 0 Å². The number of rotatable bonds is 17. The average molecular weight is 376 g/mol. The number of nitrogens with one attached hydrogen (secondary N) is 1. The van der Waals surface area contributed by atoms with Gasteiger partial charge in [-0.2, -0.15) is 0 Å². The Kier molecular flexibility index (Phi) is 17.0. The summed E-state index contributed by atoms with van der Waals surface area (Å²) < 4.78 is 15.8. The molecule has 0 aromatic rings. The largest absolute Gasteiger partial charge is 0.444 e. The molecule has 0 aromatic carbocycles. The van der Waals surface area contributed by atoms with E-state index in [-0.39, 0.29) is 12.7 Å². The number of aliphatic hydroxyl groups is 1. The smallest absolute Gasteiger partial charge is 0.407 e. The monoisotopic (exact) mass is 375 g/mol. The Balaban J connectivity index is 3.12. The van der Waals surface area contributed by atoms with Crippen molar-refractivity contribution < 1.29 is 24.1 Å². The molecule has 0 rings (SSSR count). The molecule has 0 fully saturated rings. The van der Waals surface area contributed by atoms with E-state index in [1.165, 1.54) is 38.5 Å². The second kappa shape index (κ2) is 17.6. The summed E-state index contributed by atoms with van der Waals surface area (Å²) in [6, 6.07) is 0. The van der Waals surface area contributed by atoms with Crippen molar-refractivity contribution in [3.8, 4) is 0 Å². The number of carbonyl (C=O) groups excluding carboxylic acids is 1. The summed E-state index contributed by atoms with van der Waals surface area (Å²) in [5, 5.41) is 11.3. The molecule has 0 aliphatic carbocycles. The Labute approximate surface area is 160 Å². The number of ether oxygens (including phenoxy) is 3. The Bertz CT molecular complexity index is 318. The van der Waals surface area contributed by atoms with Gasteiger partial charge in [-0.05, 0) is 33.6 Å². The maximum absolute atomic E-state index is 11.5. The number of aliphatic hydroxyl groups excluding tert-OH is 1. The van der Waals surface area contributed by atoms with Gasteiger partial charge in [0.25, 0.3) is 0 Å². The molecule has 0 atom stereocenters. The Hall–Kier alpha value is -0.850. The SMILES string of the molecule is CC(C)(C)OC(=O)NCCCCCCCCCCCOCCOCCO. The first-order valence-corrected chi connectivity index (χ1v) is 10.2. The van der Waals surface area contributed by atoms with Crippen LogP contribution in [0.2, 0.25) is 0 Å². The average Bonchev–Trinajstić information content (AvgIpc) is 2.56. The summed E-state index contributed by atoms with van der Waals surface area (Å²) in [6.07, 6.45) is 10.5. The molecule has 0 radical (unpaired) electrons. The fourth-order valence-electron chi connectivity index (χ4n) is 2.46. The van der Waals surface area contributed by atoms with Crippen molar-refractivity contribution in [2.45, 2.75) is 84.2 Å². The highest BCUT2D eigenvalue weighted by Crippen LogP contribution is 2.10. The molecule has 0 bridgehead atoms. The molecule has 2 N–H and O–H groups in total. The van der Waals surface area contributed by atoms with Crippen LogP contribution in [0.25, 0.3) is 0 Å². The fourth-order valence-corrected chi connectivity index (χ4v) is 2.46. The van der Waals surface area contributed by atoms with Gasteiger partial charge in [0.2, 0.25) is 0 Å². The molecule has 0 spiro atoms. The highest BCUT2D eigenvalue weighted by molar-refractivity contribution is 5.67.